The van der Waals surface area contributed by atoms with Crippen molar-refractivity contribution in [2.24, 2.45) is 0 Å². The van der Waals surface area contributed by atoms with Crippen molar-refractivity contribution in [2.75, 3.05) is 13.2 Å². The minimum atomic E-state index is -1.48. The number of ether oxygens (including phenoxy) is 2. The van der Waals surface area contributed by atoms with Crippen LogP contribution < -0.4 is 0 Å². The van der Waals surface area contributed by atoms with Gasteiger partial charge in [0.05, 0.1) is 23.3 Å². The Morgan fingerprint density at radius 2 is 1.94 bits per heavy atom. The fourth-order valence-corrected chi connectivity index (χ4v) is 3.24. The maximum absolute atomic E-state index is 10.4. The van der Waals surface area contributed by atoms with Crippen LogP contribution in [-0.2, 0) is 9.47 Å². The summed E-state index contributed by atoms with van der Waals surface area (Å²) >= 11 is 18.3. The Labute approximate surface area is 109 Å². The molecule has 0 aromatic rings. The van der Waals surface area contributed by atoms with Crippen LogP contribution in [0.2, 0.25) is 0 Å². The summed E-state index contributed by atoms with van der Waals surface area (Å²) in [6, 6.07) is 0. The lowest BCUT2D eigenvalue weighted by atomic mass is 9.97. The maximum Gasteiger partial charge on any atom is 0.227 e. The smallest absolute Gasteiger partial charge is 0.227 e. The van der Waals surface area contributed by atoms with Crippen LogP contribution in [0.5, 0.6) is 0 Å². The molecule has 2 atom stereocenters. The van der Waals surface area contributed by atoms with Gasteiger partial charge < -0.3 is 14.6 Å². The SMILES string of the molecule is C=CC[C@@]1(O)C(Cl)=C(Cl)C2(OCCO2)[C@H]1Cl. The molecule has 0 saturated carbocycles. The third-order valence-corrected chi connectivity index (χ3v) is 4.52. The van der Waals surface area contributed by atoms with E-state index in [1.54, 1.807) is 0 Å². The second-order valence-electron chi connectivity index (χ2n) is 3.77. The molecule has 0 amide bonds. The Morgan fingerprint density at radius 1 is 1.38 bits per heavy atom. The zero-order valence-corrected chi connectivity index (χ0v) is 10.6. The van der Waals surface area contributed by atoms with Crippen molar-refractivity contribution in [3.63, 3.8) is 0 Å². The van der Waals surface area contributed by atoms with Crippen LogP contribution >= 0.6 is 34.8 Å². The average molecular weight is 286 g/mol. The molecule has 3 nitrogen and oxygen atoms in total. The van der Waals surface area contributed by atoms with Gasteiger partial charge in [-0.3, -0.25) is 0 Å². The van der Waals surface area contributed by atoms with Crippen LogP contribution in [0.15, 0.2) is 22.7 Å². The van der Waals surface area contributed by atoms with Gasteiger partial charge in [-0.25, -0.2) is 0 Å². The summed E-state index contributed by atoms with van der Waals surface area (Å²) in [6.45, 7) is 4.29. The van der Waals surface area contributed by atoms with Gasteiger partial charge in [-0.15, -0.1) is 18.2 Å². The minimum Gasteiger partial charge on any atom is -0.382 e. The van der Waals surface area contributed by atoms with Crippen molar-refractivity contribution in [2.45, 2.75) is 23.2 Å². The molecule has 2 rings (SSSR count). The standard InChI is InChI=1S/C10H11Cl3O3/c1-2-3-9(14)6(11)7(12)10(8(9)13)15-4-5-16-10/h2,8,14H,1,3-5H2/t8-,9+/m0/s1. The highest BCUT2D eigenvalue weighted by atomic mass is 35.5. The molecule has 0 bridgehead atoms. The van der Waals surface area contributed by atoms with Gasteiger partial charge >= 0.3 is 0 Å². The maximum atomic E-state index is 10.4. The highest BCUT2D eigenvalue weighted by Crippen LogP contribution is 2.54. The Hall–Kier alpha value is 0.230. The van der Waals surface area contributed by atoms with Gasteiger partial charge in [-0.2, -0.15) is 0 Å². The van der Waals surface area contributed by atoms with Crippen molar-refractivity contribution in [1.82, 2.24) is 0 Å². The summed E-state index contributed by atoms with van der Waals surface area (Å²) in [7, 11) is 0. The zero-order chi connectivity index (χ0) is 12.0. The fourth-order valence-electron chi connectivity index (χ4n) is 1.99. The fraction of sp³-hybridized carbons (Fsp3) is 0.600. The summed E-state index contributed by atoms with van der Waals surface area (Å²) in [5.41, 5.74) is -1.48. The van der Waals surface area contributed by atoms with Gasteiger partial charge in [0.1, 0.15) is 11.0 Å². The molecular formula is C10H11Cl3O3. The number of hydrogen-bond donors (Lipinski definition) is 1. The van der Waals surface area contributed by atoms with E-state index >= 15 is 0 Å². The van der Waals surface area contributed by atoms with E-state index in [1.807, 2.05) is 0 Å². The van der Waals surface area contributed by atoms with Crippen LogP contribution in [-0.4, -0.2) is 35.1 Å². The molecule has 1 heterocycles. The third-order valence-electron chi connectivity index (χ3n) is 2.80. The van der Waals surface area contributed by atoms with Gasteiger partial charge in [0.2, 0.25) is 5.79 Å². The summed E-state index contributed by atoms with van der Waals surface area (Å²) in [6.07, 6.45) is 1.71. The number of hydrogen-bond acceptors (Lipinski definition) is 3. The lowest BCUT2D eigenvalue weighted by Crippen LogP contribution is -2.48. The lowest BCUT2D eigenvalue weighted by molar-refractivity contribution is -0.137. The summed E-state index contributed by atoms with van der Waals surface area (Å²) < 4.78 is 10.8. The topological polar surface area (TPSA) is 38.7 Å². The van der Waals surface area contributed by atoms with Gasteiger partial charge in [-0.1, -0.05) is 29.3 Å². The van der Waals surface area contributed by atoms with Crippen molar-refractivity contribution >= 4 is 34.8 Å². The second kappa shape index (κ2) is 4.16. The molecule has 0 unspecified atom stereocenters. The molecule has 0 aromatic carbocycles. The van der Waals surface area contributed by atoms with E-state index in [-0.39, 0.29) is 16.5 Å². The van der Waals surface area contributed by atoms with Crippen LogP contribution in [0.3, 0.4) is 0 Å². The van der Waals surface area contributed by atoms with Crippen LogP contribution in [0.4, 0.5) is 0 Å². The molecule has 0 radical (unpaired) electrons. The predicted molar refractivity (Wildman–Crippen MR) is 62.8 cm³/mol. The quantitative estimate of drug-likeness (QED) is 0.625. The van der Waals surface area contributed by atoms with Gasteiger partial charge in [0.15, 0.2) is 0 Å². The first-order valence-electron chi connectivity index (χ1n) is 4.80. The van der Waals surface area contributed by atoms with E-state index in [9.17, 15) is 5.11 Å². The largest absolute Gasteiger partial charge is 0.382 e. The molecule has 0 aromatic heterocycles. The highest BCUT2D eigenvalue weighted by molar-refractivity contribution is 6.43. The lowest BCUT2D eigenvalue weighted by Gasteiger charge is -2.32. The Morgan fingerprint density at radius 3 is 2.44 bits per heavy atom. The van der Waals surface area contributed by atoms with E-state index < -0.39 is 16.8 Å². The monoisotopic (exact) mass is 284 g/mol. The van der Waals surface area contributed by atoms with Crippen molar-refractivity contribution < 1.29 is 14.6 Å². The minimum absolute atomic E-state index is 0.0657. The first kappa shape index (κ1) is 12.7. The molecule has 16 heavy (non-hydrogen) atoms. The van der Waals surface area contributed by atoms with Crippen molar-refractivity contribution in [3.8, 4) is 0 Å². The first-order valence-corrected chi connectivity index (χ1v) is 6.00. The molecule has 90 valence electrons. The number of alkyl halides is 1. The molecule has 1 N–H and O–H groups in total. The molecule has 1 aliphatic carbocycles. The molecular weight excluding hydrogens is 274 g/mol. The second-order valence-corrected chi connectivity index (χ2v) is 4.96. The Bertz CT molecular complexity index is 349. The predicted octanol–water partition coefficient (Wildman–Crippen LogP) is 2.35. The molecule has 1 saturated heterocycles. The summed E-state index contributed by atoms with van der Waals surface area (Å²) in [4.78, 5) is 0. The summed E-state index contributed by atoms with van der Waals surface area (Å²) in [5, 5.41) is 9.69. The Balaban J connectivity index is 2.44. The first-order chi connectivity index (χ1) is 7.49. The van der Waals surface area contributed by atoms with E-state index in [4.69, 9.17) is 44.3 Å². The van der Waals surface area contributed by atoms with E-state index in [2.05, 4.69) is 6.58 Å². The third kappa shape index (κ3) is 1.47. The highest BCUT2D eigenvalue weighted by Gasteiger charge is 2.63. The normalized spacial score (nSPS) is 37.4. The summed E-state index contributed by atoms with van der Waals surface area (Å²) in [5.74, 6) is -1.31. The van der Waals surface area contributed by atoms with E-state index in [0.717, 1.165) is 0 Å². The van der Waals surface area contributed by atoms with Gasteiger partial charge in [0, 0.05) is 6.42 Å². The molecule has 6 heteroatoms. The number of aliphatic hydroxyl groups is 1. The van der Waals surface area contributed by atoms with E-state index in [0.29, 0.717) is 13.2 Å². The molecule has 1 spiro atoms. The van der Waals surface area contributed by atoms with Gasteiger partial charge in [-0.05, 0) is 0 Å². The molecule has 1 aliphatic heterocycles. The molecule has 1 fully saturated rings. The van der Waals surface area contributed by atoms with Crippen LogP contribution in [0.1, 0.15) is 6.42 Å². The van der Waals surface area contributed by atoms with E-state index in [1.165, 1.54) is 6.08 Å². The molecule has 2 aliphatic rings. The number of halogens is 3. The average Bonchev–Trinajstić information content (AvgIpc) is 2.79. The van der Waals surface area contributed by atoms with Gasteiger partial charge in [0.25, 0.3) is 0 Å². The van der Waals surface area contributed by atoms with Crippen LogP contribution in [0, 0.1) is 0 Å². The van der Waals surface area contributed by atoms with Crippen molar-refractivity contribution in [3.05, 3.63) is 22.7 Å². The van der Waals surface area contributed by atoms with Crippen LogP contribution in [0.25, 0.3) is 0 Å². The Kier molecular flexibility index (Phi) is 3.30. The number of rotatable bonds is 2. The van der Waals surface area contributed by atoms with Crippen molar-refractivity contribution in [1.29, 1.82) is 0 Å². The zero-order valence-electron chi connectivity index (χ0n) is 8.38.